The molecule has 1 amide bonds. The first kappa shape index (κ1) is 15.2. The maximum Gasteiger partial charge on any atom is 0.243 e. The molecule has 3 nitrogen and oxygen atoms in total. The predicted molar refractivity (Wildman–Crippen MR) is 70.5 cm³/mol. The molecule has 5 heteroatoms. The van der Waals surface area contributed by atoms with Gasteiger partial charge in [0.25, 0.3) is 0 Å². The fraction of sp³-hybridized carbons (Fsp3) is 0.364. The second kappa shape index (κ2) is 6.09. The van der Waals surface area contributed by atoms with E-state index in [-0.39, 0.29) is 18.3 Å². The van der Waals surface area contributed by atoms with Gasteiger partial charge in [0.1, 0.15) is 0 Å². The summed E-state index contributed by atoms with van der Waals surface area (Å²) < 4.78 is 0. The molecule has 1 rings (SSSR count). The maximum absolute atomic E-state index is 11.6. The van der Waals surface area contributed by atoms with Crippen molar-refractivity contribution in [3.05, 3.63) is 28.8 Å². The fourth-order valence-corrected chi connectivity index (χ4v) is 1.40. The van der Waals surface area contributed by atoms with Crippen molar-refractivity contribution >= 4 is 35.6 Å². The molecule has 0 saturated heterocycles. The molecule has 16 heavy (non-hydrogen) atoms. The minimum atomic E-state index is -0.505. The van der Waals surface area contributed by atoms with E-state index in [1.165, 1.54) is 4.90 Å². The summed E-state index contributed by atoms with van der Waals surface area (Å²) in [6.07, 6.45) is 0. The summed E-state index contributed by atoms with van der Waals surface area (Å²) in [5, 5.41) is 0.650. The van der Waals surface area contributed by atoms with Crippen LogP contribution >= 0.6 is 24.0 Å². The fourth-order valence-electron chi connectivity index (χ4n) is 1.22. The number of likely N-dealkylation sites (N-methyl/N-ethyl adjacent to an activating group) is 1. The highest BCUT2D eigenvalue weighted by Crippen LogP contribution is 2.22. The summed E-state index contributed by atoms with van der Waals surface area (Å²) in [6, 6.07) is 4.98. The molecule has 1 unspecified atom stereocenters. The number of rotatable bonds is 2. The van der Waals surface area contributed by atoms with Gasteiger partial charge in [-0.15, -0.1) is 12.4 Å². The zero-order valence-electron chi connectivity index (χ0n) is 9.53. The van der Waals surface area contributed by atoms with E-state index in [1.807, 2.05) is 19.1 Å². The molecule has 2 N–H and O–H groups in total. The van der Waals surface area contributed by atoms with E-state index < -0.39 is 6.04 Å². The SMILES string of the molecule is Cc1ccc(N(C)C(=O)C(C)N)cc1Cl.Cl. The molecular weight excluding hydrogens is 247 g/mol. The van der Waals surface area contributed by atoms with Crippen molar-refractivity contribution in [3.8, 4) is 0 Å². The third kappa shape index (κ3) is 3.37. The Morgan fingerprint density at radius 2 is 2.06 bits per heavy atom. The van der Waals surface area contributed by atoms with Gasteiger partial charge in [-0.25, -0.2) is 0 Å². The number of amides is 1. The van der Waals surface area contributed by atoms with Gasteiger partial charge in [-0.1, -0.05) is 17.7 Å². The Bertz CT molecular complexity index is 380. The Hall–Kier alpha value is -0.770. The van der Waals surface area contributed by atoms with Gasteiger partial charge < -0.3 is 10.6 Å². The van der Waals surface area contributed by atoms with Crippen LogP contribution in [0.5, 0.6) is 0 Å². The van der Waals surface area contributed by atoms with Crippen LogP contribution in [0.3, 0.4) is 0 Å². The van der Waals surface area contributed by atoms with Gasteiger partial charge in [-0.05, 0) is 31.5 Å². The van der Waals surface area contributed by atoms with Crippen molar-refractivity contribution in [2.75, 3.05) is 11.9 Å². The number of nitrogens with two attached hydrogens (primary N) is 1. The van der Waals surface area contributed by atoms with E-state index in [0.29, 0.717) is 5.02 Å². The summed E-state index contributed by atoms with van der Waals surface area (Å²) in [7, 11) is 1.69. The number of carbonyl (C=O) groups is 1. The quantitative estimate of drug-likeness (QED) is 0.890. The monoisotopic (exact) mass is 262 g/mol. The summed E-state index contributed by atoms with van der Waals surface area (Å²) >= 11 is 5.97. The predicted octanol–water partition coefficient (Wildman–Crippen LogP) is 2.38. The number of anilines is 1. The molecular formula is C11H16Cl2N2O. The molecule has 1 aromatic rings. The molecule has 0 radical (unpaired) electrons. The zero-order valence-corrected chi connectivity index (χ0v) is 11.1. The van der Waals surface area contributed by atoms with Gasteiger partial charge in [-0.3, -0.25) is 4.79 Å². The first-order chi connectivity index (χ1) is 6.93. The number of nitrogens with zero attached hydrogens (tertiary/aromatic N) is 1. The zero-order chi connectivity index (χ0) is 11.6. The number of halogens is 2. The van der Waals surface area contributed by atoms with Gasteiger partial charge in [0, 0.05) is 17.8 Å². The number of benzene rings is 1. The molecule has 0 aliphatic carbocycles. The topological polar surface area (TPSA) is 46.3 Å². The van der Waals surface area contributed by atoms with E-state index in [1.54, 1.807) is 20.0 Å². The molecule has 0 aliphatic rings. The Morgan fingerprint density at radius 1 is 1.50 bits per heavy atom. The minimum Gasteiger partial charge on any atom is -0.320 e. The molecule has 0 spiro atoms. The van der Waals surface area contributed by atoms with Crippen molar-refractivity contribution in [1.29, 1.82) is 0 Å². The Labute approximate surface area is 107 Å². The summed E-state index contributed by atoms with van der Waals surface area (Å²) in [6.45, 7) is 3.58. The number of aryl methyl sites for hydroxylation is 1. The van der Waals surface area contributed by atoms with Crippen LogP contribution in [-0.2, 0) is 4.79 Å². The highest BCUT2D eigenvalue weighted by atomic mass is 35.5. The molecule has 0 saturated carbocycles. The number of hydrogen-bond acceptors (Lipinski definition) is 2. The Kier molecular flexibility index (Phi) is 5.79. The molecule has 0 aromatic heterocycles. The standard InChI is InChI=1S/C11H15ClN2O.ClH/c1-7-4-5-9(6-10(7)12)14(3)11(15)8(2)13;/h4-6,8H,13H2,1-3H3;1H. The molecule has 0 fully saturated rings. The van der Waals surface area contributed by atoms with Crippen LogP contribution in [0.4, 0.5) is 5.69 Å². The lowest BCUT2D eigenvalue weighted by Crippen LogP contribution is -2.39. The third-order valence-corrected chi connectivity index (χ3v) is 2.67. The second-order valence-electron chi connectivity index (χ2n) is 3.62. The molecule has 0 aliphatic heterocycles. The van der Waals surface area contributed by atoms with E-state index in [4.69, 9.17) is 17.3 Å². The molecule has 0 heterocycles. The van der Waals surface area contributed by atoms with E-state index in [9.17, 15) is 4.79 Å². The summed E-state index contributed by atoms with van der Waals surface area (Å²) in [5.41, 5.74) is 7.26. The van der Waals surface area contributed by atoms with Crippen molar-refractivity contribution in [1.82, 2.24) is 0 Å². The van der Waals surface area contributed by atoms with E-state index >= 15 is 0 Å². The van der Waals surface area contributed by atoms with Crippen molar-refractivity contribution < 1.29 is 4.79 Å². The van der Waals surface area contributed by atoms with E-state index in [2.05, 4.69) is 0 Å². The minimum absolute atomic E-state index is 0. The van der Waals surface area contributed by atoms with Gasteiger partial charge in [-0.2, -0.15) is 0 Å². The normalized spacial score (nSPS) is 11.6. The molecule has 90 valence electrons. The second-order valence-corrected chi connectivity index (χ2v) is 4.03. The lowest BCUT2D eigenvalue weighted by molar-refractivity contribution is -0.119. The van der Waals surface area contributed by atoms with Gasteiger partial charge in [0.2, 0.25) is 5.91 Å². The van der Waals surface area contributed by atoms with Crippen LogP contribution in [0.15, 0.2) is 18.2 Å². The van der Waals surface area contributed by atoms with Crippen LogP contribution in [0, 0.1) is 6.92 Å². The van der Waals surface area contributed by atoms with Crippen molar-refractivity contribution in [2.45, 2.75) is 19.9 Å². The van der Waals surface area contributed by atoms with Crippen LogP contribution in [0.25, 0.3) is 0 Å². The van der Waals surface area contributed by atoms with Crippen LogP contribution in [0.1, 0.15) is 12.5 Å². The van der Waals surface area contributed by atoms with Gasteiger partial charge in [0.05, 0.1) is 6.04 Å². The largest absolute Gasteiger partial charge is 0.320 e. The first-order valence-corrected chi connectivity index (χ1v) is 5.10. The third-order valence-electron chi connectivity index (χ3n) is 2.26. The molecule has 0 bridgehead atoms. The Morgan fingerprint density at radius 3 is 2.50 bits per heavy atom. The average molecular weight is 263 g/mol. The smallest absolute Gasteiger partial charge is 0.243 e. The van der Waals surface area contributed by atoms with Crippen molar-refractivity contribution in [2.24, 2.45) is 5.73 Å². The lowest BCUT2D eigenvalue weighted by atomic mass is 10.2. The lowest BCUT2D eigenvalue weighted by Gasteiger charge is -2.19. The number of carbonyl (C=O) groups excluding carboxylic acids is 1. The summed E-state index contributed by atoms with van der Waals surface area (Å²) in [5.74, 6) is -0.130. The molecule has 1 atom stereocenters. The van der Waals surface area contributed by atoms with Gasteiger partial charge >= 0.3 is 0 Å². The Balaban J connectivity index is 0.00000225. The molecule has 1 aromatic carbocycles. The van der Waals surface area contributed by atoms with Crippen LogP contribution < -0.4 is 10.6 Å². The maximum atomic E-state index is 11.6. The highest BCUT2D eigenvalue weighted by molar-refractivity contribution is 6.31. The van der Waals surface area contributed by atoms with Crippen LogP contribution in [-0.4, -0.2) is 19.0 Å². The van der Waals surface area contributed by atoms with E-state index in [0.717, 1.165) is 11.3 Å². The van der Waals surface area contributed by atoms with Crippen LogP contribution in [0.2, 0.25) is 5.02 Å². The first-order valence-electron chi connectivity index (χ1n) is 4.72. The van der Waals surface area contributed by atoms with Gasteiger partial charge in [0.15, 0.2) is 0 Å². The summed E-state index contributed by atoms with van der Waals surface area (Å²) in [4.78, 5) is 13.1. The number of hydrogen-bond donors (Lipinski definition) is 1. The average Bonchev–Trinajstić information content (AvgIpc) is 2.19. The van der Waals surface area contributed by atoms with Crippen molar-refractivity contribution in [3.63, 3.8) is 0 Å². The highest BCUT2D eigenvalue weighted by Gasteiger charge is 2.15.